The van der Waals surface area contributed by atoms with Crippen molar-refractivity contribution in [3.63, 3.8) is 0 Å². The first-order valence-electron chi connectivity index (χ1n) is 9.24. The van der Waals surface area contributed by atoms with Crippen molar-refractivity contribution in [2.45, 2.75) is 65.7 Å². The molecule has 0 aromatic heterocycles. The van der Waals surface area contributed by atoms with Gasteiger partial charge in [0.15, 0.2) is 5.78 Å². The summed E-state index contributed by atoms with van der Waals surface area (Å²) >= 11 is 0. The molecule has 4 aliphatic carbocycles. The lowest BCUT2D eigenvalue weighted by Crippen LogP contribution is -2.49. The molecule has 0 N–H and O–H groups in total. The van der Waals surface area contributed by atoms with Crippen LogP contribution in [0.15, 0.2) is 11.6 Å². The summed E-state index contributed by atoms with van der Waals surface area (Å²) in [5, 5.41) is 0. The van der Waals surface area contributed by atoms with E-state index in [1.165, 1.54) is 37.7 Å². The van der Waals surface area contributed by atoms with Crippen molar-refractivity contribution in [2.75, 3.05) is 0 Å². The fraction of sp³-hybridized carbons (Fsp3) is 0.850. The normalized spacial score (nSPS) is 52.7. The Morgan fingerprint density at radius 1 is 1.14 bits per heavy atom. The van der Waals surface area contributed by atoms with Crippen molar-refractivity contribution in [3.05, 3.63) is 11.6 Å². The molecule has 3 fully saturated rings. The first-order chi connectivity index (χ1) is 10.0. The fourth-order valence-electron chi connectivity index (χ4n) is 6.85. The molecule has 0 spiro atoms. The molecule has 0 bridgehead atoms. The van der Waals surface area contributed by atoms with Crippen molar-refractivity contribution in [1.29, 1.82) is 0 Å². The van der Waals surface area contributed by atoms with Crippen molar-refractivity contribution < 1.29 is 4.79 Å². The number of hydrogen-bond acceptors (Lipinski definition) is 1. The molecule has 0 aliphatic heterocycles. The van der Waals surface area contributed by atoms with E-state index in [2.05, 4.69) is 20.8 Å². The summed E-state index contributed by atoms with van der Waals surface area (Å²) in [5.74, 6) is 5.63. The standard InChI is InChI=1S/C20H30O/c1-12-10-14-11-15(21)5-6-16(14)17-8-9-20(3)13(2)4-7-18(20)19(12)17/h11-13,16-19H,4-10H2,1-3H3/t12-,13+,16?,17-,18+,19-,20-/m1/s1. The predicted octanol–water partition coefficient (Wildman–Crippen LogP) is 5.01. The van der Waals surface area contributed by atoms with Crippen LogP contribution >= 0.6 is 0 Å². The van der Waals surface area contributed by atoms with Gasteiger partial charge in [-0.25, -0.2) is 0 Å². The summed E-state index contributed by atoms with van der Waals surface area (Å²) < 4.78 is 0. The zero-order valence-corrected chi connectivity index (χ0v) is 13.9. The van der Waals surface area contributed by atoms with Crippen LogP contribution in [0.4, 0.5) is 0 Å². The first kappa shape index (κ1) is 14.0. The molecular weight excluding hydrogens is 256 g/mol. The molecule has 7 atom stereocenters. The average Bonchev–Trinajstić information content (AvgIpc) is 2.74. The van der Waals surface area contributed by atoms with Crippen LogP contribution in [0.3, 0.4) is 0 Å². The second-order valence-electron chi connectivity index (χ2n) is 8.88. The molecule has 3 saturated carbocycles. The van der Waals surface area contributed by atoms with Gasteiger partial charge in [-0.1, -0.05) is 26.3 Å². The van der Waals surface area contributed by atoms with E-state index in [0.29, 0.717) is 11.2 Å². The SMILES string of the molecule is C[C@@H]1CC2=CC(=O)CCC2[C@H]2CC[C@]3(C)[C@@H](C)CC[C@H]3[C@H]12. The van der Waals surface area contributed by atoms with Gasteiger partial charge in [0.2, 0.25) is 0 Å². The van der Waals surface area contributed by atoms with Crippen LogP contribution in [-0.2, 0) is 4.79 Å². The maximum absolute atomic E-state index is 11.8. The van der Waals surface area contributed by atoms with Crippen LogP contribution in [-0.4, -0.2) is 5.78 Å². The van der Waals surface area contributed by atoms with Gasteiger partial charge < -0.3 is 0 Å². The van der Waals surface area contributed by atoms with E-state index in [9.17, 15) is 4.79 Å². The van der Waals surface area contributed by atoms with Crippen LogP contribution in [0, 0.1) is 40.9 Å². The lowest BCUT2D eigenvalue weighted by atomic mass is 9.49. The molecule has 116 valence electrons. The third-order valence-corrected chi connectivity index (χ3v) is 8.11. The molecule has 1 heteroatoms. The van der Waals surface area contributed by atoms with Crippen molar-refractivity contribution >= 4 is 5.78 Å². The van der Waals surface area contributed by atoms with Crippen LogP contribution in [0.5, 0.6) is 0 Å². The Kier molecular flexibility index (Phi) is 3.14. The number of ketones is 1. The summed E-state index contributed by atoms with van der Waals surface area (Å²) in [6.45, 7) is 7.56. The number of carbonyl (C=O) groups excluding carboxylic acids is 1. The fourth-order valence-corrected chi connectivity index (χ4v) is 6.85. The molecule has 0 amide bonds. The molecular formula is C20H30O. The third-order valence-electron chi connectivity index (χ3n) is 8.11. The highest BCUT2D eigenvalue weighted by atomic mass is 16.1. The quantitative estimate of drug-likeness (QED) is 0.611. The van der Waals surface area contributed by atoms with Crippen LogP contribution in [0.1, 0.15) is 65.7 Å². The molecule has 4 aliphatic rings. The Bertz CT molecular complexity index is 490. The minimum Gasteiger partial charge on any atom is -0.295 e. The second kappa shape index (κ2) is 4.70. The van der Waals surface area contributed by atoms with E-state index in [1.807, 2.05) is 6.08 Å². The Morgan fingerprint density at radius 2 is 1.95 bits per heavy atom. The number of carbonyl (C=O) groups is 1. The van der Waals surface area contributed by atoms with E-state index in [4.69, 9.17) is 0 Å². The number of allylic oxidation sites excluding steroid dienone is 1. The van der Waals surface area contributed by atoms with Gasteiger partial charge >= 0.3 is 0 Å². The van der Waals surface area contributed by atoms with Crippen LogP contribution < -0.4 is 0 Å². The van der Waals surface area contributed by atoms with Gasteiger partial charge in [-0.2, -0.15) is 0 Å². The van der Waals surface area contributed by atoms with Crippen molar-refractivity contribution in [3.8, 4) is 0 Å². The van der Waals surface area contributed by atoms with Gasteiger partial charge in [0.05, 0.1) is 0 Å². The summed E-state index contributed by atoms with van der Waals surface area (Å²) in [6, 6.07) is 0. The second-order valence-corrected chi connectivity index (χ2v) is 8.88. The summed E-state index contributed by atoms with van der Waals surface area (Å²) in [6.07, 6.45) is 11.0. The zero-order chi connectivity index (χ0) is 14.8. The van der Waals surface area contributed by atoms with E-state index in [1.54, 1.807) is 0 Å². The van der Waals surface area contributed by atoms with Crippen LogP contribution in [0.25, 0.3) is 0 Å². The minimum absolute atomic E-state index is 0.391. The maximum Gasteiger partial charge on any atom is 0.155 e. The average molecular weight is 286 g/mol. The topological polar surface area (TPSA) is 17.1 Å². The highest BCUT2D eigenvalue weighted by Crippen LogP contribution is 2.64. The van der Waals surface area contributed by atoms with Gasteiger partial charge in [-0.3, -0.25) is 4.79 Å². The molecule has 1 nitrogen and oxygen atoms in total. The van der Waals surface area contributed by atoms with Crippen LogP contribution in [0.2, 0.25) is 0 Å². The highest BCUT2D eigenvalue weighted by molar-refractivity contribution is 5.91. The summed E-state index contributed by atoms with van der Waals surface area (Å²) in [4.78, 5) is 11.8. The third kappa shape index (κ3) is 1.92. The van der Waals surface area contributed by atoms with Gasteiger partial charge in [0, 0.05) is 6.42 Å². The van der Waals surface area contributed by atoms with E-state index < -0.39 is 0 Å². The van der Waals surface area contributed by atoms with E-state index in [0.717, 1.165) is 48.3 Å². The zero-order valence-electron chi connectivity index (χ0n) is 13.9. The Hall–Kier alpha value is -0.590. The molecule has 0 heterocycles. The van der Waals surface area contributed by atoms with Crippen molar-refractivity contribution in [2.24, 2.45) is 40.9 Å². The Morgan fingerprint density at radius 3 is 2.76 bits per heavy atom. The molecule has 0 aromatic rings. The molecule has 4 rings (SSSR count). The molecule has 1 unspecified atom stereocenters. The van der Waals surface area contributed by atoms with Gasteiger partial charge in [0.25, 0.3) is 0 Å². The smallest absolute Gasteiger partial charge is 0.155 e. The largest absolute Gasteiger partial charge is 0.295 e. The number of hydrogen-bond donors (Lipinski definition) is 0. The minimum atomic E-state index is 0.391. The predicted molar refractivity (Wildman–Crippen MR) is 85.8 cm³/mol. The number of rotatable bonds is 0. The van der Waals surface area contributed by atoms with Gasteiger partial charge in [-0.15, -0.1) is 0 Å². The monoisotopic (exact) mass is 286 g/mol. The van der Waals surface area contributed by atoms with E-state index in [-0.39, 0.29) is 0 Å². The molecule has 0 saturated heterocycles. The summed E-state index contributed by atoms with van der Waals surface area (Å²) in [7, 11) is 0. The highest BCUT2D eigenvalue weighted by Gasteiger charge is 2.56. The lowest BCUT2D eigenvalue weighted by Gasteiger charge is -2.56. The Labute approximate surface area is 129 Å². The van der Waals surface area contributed by atoms with E-state index >= 15 is 0 Å². The molecule has 0 radical (unpaired) electrons. The lowest BCUT2D eigenvalue weighted by molar-refractivity contribution is -0.116. The first-order valence-corrected chi connectivity index (χ1v) is 9.24. The summed E-state index contributed by atoms with van der Waals surface area (Å²) in [5.41, 5.74) is 2.14. The molecule has 0 aromatic carbocycles. The molecule has 21 heavy (non-hydrogen) atoms. The van der Waals surface area contributed by atoms with Gasteiger partial charge in [0.1, 0.15) is 0 Å². The Balaban J connectivity index is 1.68. The number of fused-ring (bicyclic) bond motifs is 5. The van der Waals surface area contributed by atoms with Gasteiger partial charge in [-0.05, 0) is 85.5 Å². The van der Waals surface area contributed by atoms with Crippen molar-refractivity contribution in [1.82, 2.24) is 0 Å². The maximum atomic E-state index is 11.8.